The van der Waals surface area contributed by atoms with Crippen LogP contribution in [0.15, 0.2) is 61.1 Å². The number of rotatable bonds is 5. The predicted molar refractivity (Wildman–Crippen MR) is 123 cm³/mol. The topological polar surface area (TPSA) is 70.4 Å². The van der Waals surface area contributed by atoms with Gasteiger partial charge in [0.05, 0.1) is 5.69 Å². The minimum Gasteiger partial charge on any atom is -0.366 e. The lowest BCUT2D eigenvalue weighted by Crippen LogP contribution is -2.44. The average Bonchev–Trinajstić information content (AvgIpc) is 3.54. The molecule has 156 valence electrons. The first-order valence-electron chi connectivity index (χ1n) is 10.5. The van der Waals surface area contributed by atoms with E-state index in [1.54, 1.807) is 0 Å². The van der Waals surface area contributed by atoms with Gasteiger partial charge in [0.25, 0.3) is 0 Å². The van der Waals surface area contributed by atoms with Gasteiger partial charge in [0, 0.05) is 67.0 Å². The maximum absolute atomic E-state index is 6.09. The molecule has 2 aliphatic rings. The highest BCUT2D eigenvalue weighted by Gasteiger charge is 2.39. The van der Waals surface area contributed by atoms with Crippen LogP contribution in [0.1, 0.15) is 12.0 Å². The number of halogens is 1. The quantitative estimate of drug-likeness (QED) is 0.503. The second-order valence-corrected chi connectivity index (χ2v) is 8.59. The van der Waals surface area contributed by atoms with Crippen LogP contribution in [0.25, 0.3) is 16.9 Å². The van der Waals surface area contributed by atoms with E-state index >= 15 is 0 Å². The van der Waals surface area contributed by atoms with Gasteiger partial charge in [-0.1, -0.05) is 23.7 Å². The monoisotopic (exact) mass is 431 g/mol. The summed E-state index contributed by atoms with van der Waals surface area (Å²) in [6, 6.07) is 14.9. The standard InChI is InChI=1S/C23H22ClN7/c24-17-3-1-2-15(8-17)12-28-21-9-16(4-5-25-21)20-11-22-26-6-7-30(22)23(29-20)31-14-18-10-19(31)13-27-18/h1-9,11,18-19,27H,10,12-14H2,(H,25,28). The Balaban J connectivity index is 1.32. The molecule has 2 bridgehead atoms. The molecule has 2 saturated heterocycles. The summed E-state index contributed by atoms with van der Waals surface area (Å²) in [6.45, 7) is 2.65. The van der Waals surface area contributed by atoms with E-state index in [2.05, 4.69) is 29.9 Å². The van der Waals surface area contributed by atoms with E-state index in [4.69, 9.17) is 16.6 Å². The predicted octanol–water partition coefficient (Wildman–Crippen LogP) is 3.61. The summed E-state index contributed by atoms with van der Waals surface area (Å²) in [7, 11) is 0. The number of hydrogen-bond acceptors (Lipinski definition) is 6. The number of nitrogens with one attached hydrogen (secondary N) is 2. The molecule has 0 saturated carbocycles. The molecule has 0 amide bonds. The van der Waals surface area contributed by atoms with Gasteiger partial charge in [0.15, 0.2) is 0 Å². The van der Waals surface area contributed by atoms with E-state index in [9.17, 15) is 0 Å². The van der Waals surface area contributed by atoms with Crippen molar-refractivity contribution in [3.8, 4) is 11.3 Å². The van der Waals surface area contributed by atoms with Crippen LogP contribution in [0.5, 0.6) is 0 Å². The van der Waals surface area contributed by atoms with Crippen molar-refractivity contribution < 1.29 is 0 Å². The van der Waals surface area contributed by atoms with E-state index in [1.165, 1.54) is 6.42 Å². The van der Waals surface area contributed by atoms with E-state index in [0.29, 0.717) is 18.6 Å². The van der Waals surface area contributed by atoms with Gasteiger partial charge in [-0.25, -0.2) is 15.0 Å². The molecule has 1 aromatic carbocycles. The van der Waals surface area contributed by atoms with Crippen molar-refractivity contribution in [2.45, 2.75) is 25.0 Å². The first kappa shape index (κ1) is 18.6. The molecule has 3 aromatic heterocycles. The fourth-order valence-corrected chi connectivity index (χ4v) is 4.80. The number of imidazole rings is 1. The number of pyridine rings is 1. The summed E-state index contributed by atoms with van der Waals surface area (Å²) in [4.78, 5) is 16.5. The summed E-state index contributed by atoms with van der Waals surface area (Å²) < 4.78 is 2.09. The Morgan fingerprint density at radius 3 is 2.94 bits per heavy atom. The molecule has 6 rings (SSSR count). The van der Waals surface area contributed by atoms with E-state index in [-0.39, 0.29) is 0 Å². The minimum atomic E-state index is 0.491. The van der Waals surface area contributed by atoms with Crippen molar-refractivity contribution in [3.63, 3.8) is 0 Å². The number of aromatic nitrogens is 4. The Labute approximate surface area is 185 Å². The van der Waals surface area contributed by atoms with Crippen molar-refractivity contribution >= 4 is 29.0 Å². The van der Waals surface area contributed by atoms with Crippen molar-refractivity contribution in [1.29, 1.82) is 0 Å². The van der Waals surface area contributed by atoms with Crippen LogP contribution in [-0.4, -0.2) is 44.5 Å². The van der Waals surface area contributed by atoms with Crippen LogP contribution in [-0.2, 0) is 6.54 Å². The lowest BCUT2D eigenvalue weighted by Gasteiger charge is -2.29. The van der Waals surface area contributed by atoms with Gasteiger partial charge in [0.2, 0.25) is 5.95 Å². The second-order valence-electron chi connectivity index (χ2n) is 8.16. The summed E-state index contributed by atoms with van der Waals surface area (Å²) in [5.41, 5.74) is 3.92. The molecule has 4 aromatic rings. The van der Waals surface area contributed by atoms with Crippen molar-refractivity contribution in [1.82, 2.24) is 24.7 Å². The highest BCUT2D eigenvalue weighted by Crippen LogP contribution is 2.31. The average molecular weight is 432 g/mol. The normalized spacial score (nSPS) is 20.0. The van der Waals surface area contributed by atoms with E-state index in [1.807, 2.05) is 61.1 Å². The van der Waals surface area contributed by atoms with Crippen molar-refractivity contribution in [2.24, 2.45) is 0 Å². The molecule has 2 aliphatic heterocycles. The van der Waals surface area contributed by atoms with Gasteiger partial charge in [-0.2, -0.15) is 0 Å². The Morgan fingerprint density at radius 1 is 1.13 bits per heavy atom. The number of nitrogens with zero attached hydrogens (tertiary/aromatic N) is 5. The van der Waals surface area contributed by atoms with Gasteiger partial charge in [-0.05, 0) is 36.2 Å². The zero-order valence-corrected chi connectivity index (χ0v) is 17.6. The van der Waals surface area contributed by atoms with Crippen LogP contribution in [0.2, 0.25) is 5.02 Å². The summed E-state index contributed by atoms with van der Waals surface area (Å²) in [5, 5.41) is 7.68. The molecule has 2 unspecified atom stereocenters. The number of anilines is 2. The Hall–Kier alpha value is -3.16. The van der Waals surface area contributed by atoms with E-state index < -0.39 is 0 Å². The second kappa shape index (κ2) is 7.51. The smallest absolute Gasteiger partial charge is 0.212 e. The lowest BCUT2D eigenvalue weighted by molar-refractivity contribution is 0.570. The molecule has 2 N–H and O–H groups in total. The van der Waals surface area contributed by atoms with Crippen LogP contribution < -0.4 is 15.5 Å². The number of hydrogen-bond donors (Lipinski definition) is 2. The SMILES string of the molecule is Clc1cccc(CNc2cc(-c3cc4nccn4c(N4CC5CC4CN5)n3)ccn2)c1. The number of fused-ring (bicyclic) bond motifs is 3. The third-order valence-electron chi connectivity index (χ3n) is 6.10. The maximum atomic E-state index is 6.09. The third-order valence-corrected chi connectivity index (χ3v) is 6.34. The van der Waals surface area contributed by atoms with Gasteiger partial charge < -0.3 is 15.5 Å². The van der Waals surface area contributed by atoms with Crippen LogP contribution in [0.3, 0.4) is 0 Å². The van der Waals surface area contributed by atoms with Crippen LogP contribution in [0.4, 0.5) is 11.8 Å². The highest BCUT2D eigenvalue weighted by molar-refractivity contribution is 6.30. The lowest BCUT2D eigenvalue weighted by atomic mass is 10.2. The Morgan fingerprint density at radius 2 is 2.10 bits per heavy atom. The molecule has 2 atom stereocenters. The highest BCUT2D eigenvalue weighted by atomic mass is 35.5. The molecular formula is C23H22ClN7. The first-order chi connectivity index (χ1) is 15.2. The molecular weight excluding hydrogens is 410 g/mol. The van der Waals surface area contributed by atoms with Crippen LogP contribution >= 0.6 is 11.6 Å². The first-order valence-corrected chi connectivity index (χ1v) is 10.9. The number of benzene rings is 1. The molecule has 0 spiro atoms. The molecule has 31 heavy (non-hydrogen) atoms. The molecule has 5 heterocycles. The molecule has 2 fully saturated rings. The molecule has 7 nitrogen and oxygen atoms in total. The molecule has 8 heteroatoms. The zero-order chi connectivity index (χ0) is 20.8. The van der Waals surface area contributed by atoms with Gasteiger partial charge in [-0.3, -0.25) is 4.40 Å². The zero-order valence-electron chi connectivity index (χ0n) is 16.9. The van der Waals surface area contributed by atoms with Gasteiger partial charge >= 0.3 is 0 Å². The Kier molecular flexibility index (Phi) is 4.51. The fraction of sp³-hybridized carbons (Fsp3) is 0.261. The minimum absolute atomic E-state index is 0.491. The molecule has 0 radical (unpaired) electrons. The maximum Gasteiger partial charge on any atom is 0.212 e. The Bertz CT molecular complexity index is 1250. The van der Waals surface area contributed by atoms with E-state index in [0.717, 1.165) is 52.3 Å². The van der Waals surface area contributed by atoms with Crippen LogP contribution in [0, 0.1) is 0 Å². The van der Waals surface area contributed by atoms with Crippen molar-refractivity contribution in [2.75, 3.05) is 23.3 Å². The van der Waals surface area contributed by atoms with Crippen molar-refractivity contribution in [3.05, 3.63) is 71.6 Å². The summed E-state index contributed by atoms with van der Waals surface area (Å²) in [6.07, 6.45) is 6.82. The largest absolute Gasteiger partial charge is 0.366 e. The van der Waals surface area contributed by atoms with Gasteiger partial charge in [-0.15, -0.1) is 0 Å². The summed E-state index contributed by atoms with van der Waals surface area (Å²) in [5.74, 6) is 1.76. The molecule has 0 aliphatic carbocycles. The fourth-order valence-electron chi connectivity index (χ4n) is 4.59. The third kappa shape index (κ3) is 3.49. The van der Waals surface area contributed by atoms with Gasteiger partial charge in [0.1, 0.15) is 11.5 Å². The number of piperazine rings is 1. The summed E-state index contributed by atoms with van der Waals surface area (Å²) >= 11 is 6.09.